The van der Waals surface area contributed by atoms with Crippen LogP contribution in [0.5, 0.6) is 0 Å². The minimum atomic E-state index is -4.46. The van der Waals surface area contributed by atoms with E-state index in [1.54, 1.807) is 18.2 Å². The highest BCUT2D eigenvalue weighted by Crippen LogP contribution is 2.40. The molecule has 1 aliphatic carbocycles. The lowest BCUT2D eigenvalue weighted by Gasteiger charge is -2.29. The molecule has 1 spiro atoms. The maximum absolute atomic E-state index is 13.7. The molecule has 2 aliphatic rings. The second kappa shape index (κ2) is 8.50. The first-order valence-electron chi connectivity index (χ1n) is 11.4. The van der Waals surface area contributed by atoms with Crippen molar-refractivity contribution in [3.63, 3.8) is 0 Å². The molecule has 2 aromatic carbocycles. The van der Waals surface area contributed by atoms with Gasteiger partial charge in [0.05, 0.1) is 16.6 Å². The Kier molecular flexibility index (Phi) is 5.66. The lowest BCUT2D eigenvalue weighted by molar-refractivity contribution is -0.137. The van der Waals surface area contributed by atoms with Gasteiger partial charge in [-0.05, 0) is 66.6 Å². The van der Waals surface area contributed by atoms with Gasteiger partial charge in [-0.1, -0.05) is 37.5 Å². The van der Waals surface area contributed by atoms with E-state index in [2.05, 4.69) is 16.5 Å². The highest BCUT2D eigenvalue weighted by molar-refractivity contribution is 5.87. The summed E-state index contributed by atoms with van der Waals surface area (Å²) in [7, 11) is 0. The van der Waals surface area contributed by atoms with Crippen molar-refractivity contribution in [1.29, 1.82) is 0 Å². The second-order valence-corrected chi connectivity index (χ2v) is 8.88. The number of hydrogen-bond acceptors (Lipinski definition) is 4. The Labute approximate surface area is 189 Å². The minimum Gasteiger partial charge on any atom is -0.396 e. The van der Waals surface area contributed by atoms with Crippen LogP contribution >= 0.6 is 0 Å². The third-order valence-electron chi connectivity index (χ3n) is 6.54. The first-order chi connectivity index (χ1) is 15.9. The molecular formula is C25H26F3N3O2. The highest BCUT2D eigenvalue weighted by Gasteiger charge is 2.37. The Balaban J connectivity index is 1.60. The van der Waals surface area contributed by atoms with Gasteiger partial charge in [-0.3, -0.25) is 10.3 Å². The van der Waals surface area contributed by atoms with Gasteiger partial charge in [-0.2, -0.15) is 13.2 Å². The molecule has 1 saturated carbocycles. The van der Waals surface area contributed by atoms with E-state index in [9.17, 15) is 18.3 Å². The van der Waals surface area contributed by atoms with Crippen LogP contribution in [-0.2, 0) is 17.4 Å². The molecule has 1 fully saturated rings. The number of fused-ring (bicyclic) bond motifs is 1. The highest BCUT2D eigenvalue weighted by atomic mass is 19.4. The smallest absolute Gasteiger partial charge is 0.396 e. The molecule has 3 aromatic rings. The number of nitrogens with zero attached hydrogens (tertiary/aromatic N) is 1. The average molecular weight is 457 g/mol. The molecule has 0 bridgehead atoms. The van der Waals surface area contributed by atoms with Gasteiger partial charge < -0.3 is 10.1 Å². The summed E-state index contributed by atoms with van der Waals surface area (Å²) >= 11 is 0. The molecule has 1 aliphatic heterocycles. The fourth-order valence-corrected chi connectivity index (χ4v) is 4.91. The molecule has 5 nitrogen and oxygen atoms in total. The number of imidazole rings is 1. The number of aliphatic hydroxyl groups excluding tert-OH is 1. The number of benzene rings is 2. The predicted molar refractivity (Wildman–Crippen MR) is 120 cm³/mol. The third-order valence-corrected chi connectivity index (χ3v) is 6.54. The SMILES string of the molecule is OCCCc1cc(-c2ccccc2C(F)(F)F)cc2[nH]c(C3=CC4(CCCCC4)ON3)nc12. The van der Waals surface area contributed by atoms with E-state index >= 15 is 0 Å². The molecule has 0 atom stereocenters. The van der Waals surface area contributed by atoms with Gasteiger partial charge in [0.1, 0.15) is 11.3 Å². The summed E-state index contributed by atoms with van der Waals surface area (Å²) in [5.41, 5.74) is 5.49. The Hall–Kier alpha value is -2.84. The number of hydroxylamine groups is 1. The number of aryl methyl sites for hydroxylation is 1. The molecule has 0 amide bonds. The van der Waals surface area contributed by atoms with Gasteiger partial charge in [0.25, 0.3) is 0 Å². The quantitative estimate of drug-likeness (QED) is 0.456. The van der Waals surface area contributed by atoms with Crippen molar-refractivity contribution in [2.75, 3.05) is 6.61 Å². The number of nitrogens with one attached hydrogen (secondary N) is 2. The van der Waals surface area contributed by atoms with Crippen molar-refractivity contribution in [2.45, 2.75) is 56.7 Å². The van der Waals surface area contributed by atoms with Gasteiger partial charge in [0.15, 0.2) is 5.82 Å². The van der Waals surface area contributed by atoms with E-state index in [1.165, 1.54) is 18.6 Å². The molecule has 0 unspecified atom stereocenters. The molecule has 1 aromatic heterocycles. The fourth-order valence-electron chi connectivity index (χ4n) is 4.91. The number of aromatic amines is 1. The Morgan fingerprint density at radius 2 is 1.88 bits per heavy atom. The molecular weight excluding hydrogens is 431 g/mol. The van der Waals surface area contributed by atoms with Crippen LogP contribution in [0.4, 0.5) is 13.2 Å². The number of hydrogen-bond donors (Lipinski definition) is 3. The number of aromatic nitrogens is 2. The van der Waals surface area contributed by atoms with Gasteiger partial charge >= 0.3 is 6.18 Å². The van der Waals surface area contributed by atoms with Crippen LogP contribution in [0.1, 0.15) is 55.5 Å². The zero-order valence-corrected chi connectivity index (χ0v) is 18.1. The predicted octanol–water partition coefficient (Wildman–Crippen LogP) is 5.75. The number of H-pyrrole nitrogens is 1. The van der Waals surface area contributed by atoms with Crippen molar-refractivity contribution >= 4 is 16.7 Å². The topological polar surface area (TPSA) is 70.2 Å². The summed E-state index contributed by atoms with van der Waals surface area (Å²) in [6.45, 7) is -0.00872. The molecule has 3 N–H and O–H groups in total. The summed E-state index contributed by atoms with van der Waals surface area (Å²) < 4.78 is 41.0. The molecule has 2 heterocycles. The normalized spacial score (nSPS) is 18.0. The monoisotopic (exact) mass is 457 g/mol. The molecule has 8 heteroatoms. The molecule has 0 radical (unpaired) electrons. The van der Waals surface area contributed by atoms with Crippen molar-refractivity contribution < 1.29 is 23.1 Å². The van der Waals surface area contributed by atoms with E-state index < -0.39 is 11.7 Å². The Morgan fingerprint density at radius 1 is 1.09 bits per heavy atom. The zero-order chi connectivity index (χ0) is 23.1. The van der Waals surface area contributed by atoms with Crippen molar-refractivity contribution in [2.24, 2.45) is 0 Å². The van der Waals surface area contributed by atoms with Crippen LogP contribution in [0.25, 0.3) is 27.9 Å². The fraction of sp³-hybridized carbons (Fsp3) is 0.400. The first-order valence-corrected chi connectivity index (χ1v) is 11.4. The Morgan fingerprint density at radius 3 is 2.64 bits per heavy atom. The summed E-state index contributed by atoms with van der Waals surface area (Å²) in [4.78, 5) is 14.0. The molecule has 174 valence electrons. The van der Waals surface area contributed by atoms with Gasteiger partial charge in [0.2, 0.25) is 0 Å². The number of halogens is 3. The van der Waals surface area contributed by atoms with E-state index in [1.807, 2.05) is 0 Å². The maximum atomic E-state index is 13.7. The maximum Gasteiger partial charge on any atom is 0.417 e. The zero-order valence-electron chi connectivity index (χ0n) is 18.1. The van der Waals surface area contributed by atoms with Crippen molar-refractivity contribution in [1.82, 2.24) is 15.4 Å². The molecule has 5 rings (SSSR count). The first kappa shape index (κ1) is 22.0. The lowest BCUT2D eigenvalue weighted by atomic mass is 9.84. The van der Waals surface area contributed by atoms with Gasteiger partial charge in [-0.25, -0.2) is 4.98 Å². The Bertz CT molecular complexity index is 1190. The van der Waals surface area contributed by atoms with E-state index in [-0.39, 0.29) is 17.8 Å². The van der Waals surface area contributed by atoms with Crippen molar-refractivity contribution in [3.8, 4) is 11.1 Å². The third kappa shape index (κ3) is 4.25. The van der Waals surface area contributed by atoms with Crippen molar-refractivity contribution in [3.05, 3.63) is 59.4 Å². The lowest BCUT2D eigenvalue weighted by Crippen LogP contribution is -2.31. The number of aliphatic hydroxyl groups is 1. The second-order valence-electron chi connectivity index (χ2n) is 8.88. The van der Waals surface area contributed by atoms with Crippen LogP contribution in [0, 0.1) is 0 Å². The molecule has 33 heavy (non-hydrogen) atoms. The van der Waals surface area contributed by atoms with Crippen LogP contribution in [0.2, 0.25) is 0 Å². The largest absolute Gasteiger partial charge is 0.417 e. The summed E-state index contributed by atoms with van der Waals surface area (Å²) in [6.07, 6.45) is 3.94. The standard InChI is InChI=1S/C25H26F3N3O2/c26-25(27,28)19-9-3-2-8-18(19)17-13-16(7-6-12-32)22-20(14-17)29-23(30-22)21-15-24(33-31-21)10-4-1-5-11-24/h2-3,8-9,13-15,31-32H,1,4-7,10-12H2,(H,29,30). The number of alkyl halides is 3. The van der Waals surface area contributed by atoms with E-state index in [0.717, 1.165) is 43.0 Å². The average Bonchev–Trinajstić information content (AvgIpc) is 3.42. The van der Waals surface area contributed by atoms with E-state index in [4.69, 9.17) is 9.82 Å². The van der Waals surface area contributed by atoms with Crippen LogP contribution in [0.15, 0.2) is 42.5 Å². The van der Waals surface area contributed by atoms with E-state index in [0.29, 0.717) is 35.3 Å². The summed E-state index contributed by atoms with van der Waals surface area (Å²) in [6, 6.07) is 9.05. The number of rotatable bonds is 5. The van der Waals surface area contributed by atoms with Gasteiger partial charge in [0, 0.05) is 6.61 Å². The van der Waals surface area contributed by atoms with Crippen LogP contribution in [0.3, 0.4) is 0 Å². The summed E-state index contributed by atoms with van der Waals surface area (Å²) in [5, 5.41) is 9.34. The van der Waals surface area contributed by atoms with Crippen LogP contribution < -0.4 is 5.48 Å². The van der Waals surface area contributed by atoms with Gasteiger partial charge in [-0.15, -0.1) is 0 Å². The van der Waals surface area contributed by atoms with Crippen LogP contribution in [-0.4, -0.2) is 27.3 Å². The summed E-state index contributed by atoms with van der Waals surface area (Å²) in [5.74, 6) is 0.596. The molecule has 0 saturated heterocycles. The minimum absolute atomic E-state index is 0.00872.